The summed E-state index contributed by atoms with van der Waals surface area (Å²) in [5.41, 5.74) is 23.9. The smallest absolute Gasteiger partial charge is 0.0622 e. The summed E-state index contributed by atoms with van der Waals surface area (Å²) in [6, 6.07) is 112. The SMILES string of the molecule is c1ccc(-c2cc(-c3ccccc3)cc(-c3ccc(-c4c5ccccc5c(-c5ccc6c(c5)C(c5cccc(-c7ccccc7)c5)(c5ccccc5-c5ccccc5)c5ccccc5-6)c5ccccc45)cc3)c2)cc1. The maximum atomic E-state index is 2.54. The lowest BCUT2D eigenvalue weighted by molar-refractivity contribution is 0.771. The van der Waals surface area contributed by atoms with Crippen LogP contribution in [0.2, 0.25) is 0 Å². The van der Waals surface area contributed by atoms with Crippen molar-refractivity contribution in [3.05, 3.63) is 326 Å². The quantitative estimate of drug-likeness (QED) is 0.127. The van der Waals surface area contributed by atoms with Gasteiger partial charge in [-0.2, -0.15) is 0 Å². The Balaban J connectivity index is 0.971. The molecule has 0 spiro atoms. The molecule has 0 amide bonds. The molecular formula is C75H50. The molecule has 0 heteroatoms. The summed E-state index contributed by atoms with van der Waals surface area (Å²) in [5.74, 6) is 0. The van der Waals surface area contributed by atoms with Gasteiger partial charge in [0.2, 0.25) is 0 Å². The predicted octanol–water partition coefficient (Wildman–Crippen LogP) is 20.0. The zero-order valence-corrected chi connectivity index (χ0v) is 41.4. The van der Waals surface area contributed by atoms with Crippen LogP contribution >= 0.6 is 0 Å². The summed E-state index contributed by atoms with van der Waals surface area (Å²) in [6.07, 6.45) is 0. The predicted molar refractivity (Wildman–Crippen MR) is 317 cm³/mol. The van der Waals surface area contributed by atoms with Crippen molar-refractivity contribution in [2.45, 2.75) is 5.41 Å². The van der Waals surface area contributed by atoms with Gasteiger partial charge in [-0.05, 0) is 163 Å². The number of rotatable bonds is 9. The number of hydrogen-bond acceptors (Lipinski definition) is 0. The van der Waals surface area contributed by atoms with Crippen LogP contribution in [0.25, 0.3) is 111 Å². The molecule has 0 bridgehead atoms. The van der Waals surface area contributed by atoms with E-state index in [1.165, 1.54) is 133 Å². The Labute approximate surface area is 439 Å². The average molecular weight is 951 g/mol. The Kier molecular flexibility index (Phi) is 10.9. The minimum atomic E-state index is -0.658. The molecule has 0 heterocycles. The van der Waals surface area contributed by atoms with Crippen LogP contribution in [0.4, 0.5) is 0 Å². The van der Waals surface area contributed by atoms with Gasteiger partial charge in [-0.3, -0.25) is 0 Å². The minimum Gasteiger partial charge on any atom is -0.0622 e. The van der Waals surface area contributed by atoms with Gasteiger partial charge in [0.1, 0.15) is 0 Å². The lowest BCUT2D eigenvalue weighted by atomic mass is 9.65. The molecule has 1 atom stereocenters. The second-order valence-corrected chi connectivity index (χ2v) is 19.9. The van der Waals surface area contributed by atoms with Gasteiger partial charge in [0.05, 0.1) is 5.41 Å². The van der Waals surface area contributed by atoms with E-state index in [1.54, 1.807) is 0 Å². The molecular weight excluding hydrogens is 901 g/mol. The van der Waals surface area contributed by atoms with Crippen LogP contribution in [0.5, 0.6) is 0 Å². The van der Waals surface area contributed by atoms with Gasteiger partial charge in [-0.1, -0.05) is 273 Å². The van der Waals surface area contributed by atoms with E-state index in [-0.39, 0.29) is 0 Å². The topological polar surface area (TPSA) is 0 Å². The first-order valence-electron chi connectivity index (χ1n) is 26.1. The molecule has 14 rings (SSSR count). The molecule has 13 aromatic carbocycles. The lowest BCUT2D eigenvalue weighted by Crippen LogP contribution is -2.29. The van der Waals surface area contributed by atoms with E-state index >= 15 is 0 Å². The molecule has 0 fully saturated rings. The molecule has 0 nitrogen and oxygen atoms in total. The first-order valence-corrected chi connectivity index (χ1v) is 26.1. The monoisotopic (exact) mass is 950 g/mol. The summed E-state index contributed by atoms with van der Waals surface area (Å²) in [6.45, 7) is 0. The Hall–Kier alpha value is -9.62. The van der Waals surface area contributed by atoms with Crippen molar-refractivity contribution in [3.8, 4) is 89.0 Å². The zero-order chi connectivity index (χ0) is 49.7. The van der Waals surface area contributed by atoms with Crippen LogP contribution in [0, 0.1) is 0 Å². The number of hydrogen-bond donors (Lipinski definition) is 0. The number of benzene rings is 13. The summed E-state index contributed by atoms with van der Waals surface area (Å²) < 4.78 is 0. The van der Waals surface area contributed by atoms with E-state index < -0.39 is 5.41 Å². The minimum absolute atomic E-state index is 0.658. The summed E-state index contributed by atoms with van der Waals surface area (Å²) in [7, 11) is 0. The van der Waals surface area contributed by atoms with E-state index in [4.69, 9.17) is 0 Å². The van der Waals surface area contributed by atoms with Crippen molar-refractivity contribution in [1.82, 2.24) is 0 Å². The van der Waals surface area contributed by atoms with Crippen molar-refractivity contribution in [2.24, 2.45) is 0 Å². The van der Waals surface area contributed by atoms with Crippen molar-refractivity contribution in [1.29, 1.82) is 0 Å². The van der Waals surface area contributed by atoms with E-state index in [0.717, 1.165) is 0 Å². The lowest BCUT2D eigenvalue weighted by Gasteiger charge is -2.36. The largest absolute Gasteiger partial charge is 0.0719 e. The highest BCUT2D eigenvalue weighted by atomic mass is 14.5. The van der Waals surface area contributed by atoms with Crippen LogP contribution in [0.1, 0.15) is 22.3 Å². The summed E-state index contributed by atoms with van der Waals surface area (Å²) in [5, 5.41) is 4.93. The van der Waals surface area contributed by atoms with Crippen LogP contribution in [0.3, 0.4) is 0 Å². The van der Waals surface area contributed by atoms with Gasteiger partial charge in [0.25, 0.3) is 0 Å². The van der Waals surface area contributed by atoms with Crippen LogP contribution in [-0.2, 0) is 5.41 Å². The van der Waals surface area contributed by atoms with E-state index in [2.05, 4.69) is 303 Å². The summed E-state index contributed by atoms with van der Waals surface area (Å²) >= 11 is 0. The van der Waals surface area contributed by atoms with E-state index in [9.17, 15) is 0 Å². The van der Waals surface area contributed by atoms with Crippen LogP contribution in [-0.4, -0.2) is 0 Å². The Morgan fingerprint density at radius 3 is 1.07 bits per heavy atom. The zero-order valence-electron chi connectivity index (χ0n) is 41.4. The highest BCUT2D eigenvalue weighted by molar-refractivity contribution is 6.21. The first-order chi connectivity index (χ1) is 37.2. The molecule has 1 aliphatic rings. The standard InChI is InChI=1S/C75H50/c1-5-22-51(23-6-1)57-30-21-31-62(49-57)75(70-38-19-17-32-63(70)55-28-11-4-12-29-55)71-39-20-18-33-64(71)65-45-44-58(50-72(65)75)74-68-36-15-13-34-66(68)73(67-35-14-16-37-69(67)74)56-42-40-54(41-43-56)61-47-59(52-24-7-2-8-25-52)46-60(48-61)53-26-9-3-10-27-53/h1-50H. The molecule has 75 heavy (non-hydrogen) atoms. The normalized spacial score (nSPS) is 13.7. The van der Waals surface area contributed by atoms with Crippen LogP contribution < -0.4 is 0 Å². The molecule has 13 aromatic rings. The van der Waals surface area contributed by atoms with Gasteiger partial charge in [-0.15, -0.1) is 0 Å². The molecule has 0 saturated heterocycles. The van der Waals surface area contributed by atoms with Crippen molar-refractivity contribution in [2.75, 3.05) is 0 Å². The van der Waals surface area contributed by atoms with Gasteiger partial charge in [0.15, 0.2) is 0 Å². The van der Waals surface area contributed by atoms with Crippen molar-refractivity contribution < 1.29 is 0 Å². The Bertz CT molecular complexity index is 4130. The highest BCUT2D eigenvalue weighted by Gasteiger charge is 2.47. The second-order valence-electron chi connectivity index (χ2n) is 19.9. The van der Waals surface area contributed by atoms with Gasteiger partial charge in [0, 0.05) is 0 Å². The fourth-order valence-electron chi connectivity index (χ4n) is 12.4. The highest BCUT2D eigenvalue weighted by Crippen LogP contribution is 2.59. The van der Waals surface area contributed by atoms with Crippen molar-refractivity contribution >= 4 is 21.5 Å². The Morgan fingerprint density at radius 2 is 0.533 bits per heavy atom. The molecule has 0 aliphatic heterocycles. The number of fused-ring (bicyclic) bond motifs is 5. The maximum absolute atomic E-state index is 2.54. The third-order valence-corrected chi connectivity index (χ3v) is 15.7. The third kappa shape index (κ3) is 7.45. The fourth-order valence-corrected chi connectivity index (χ4v) is 12.4. The van der Waals surface area contributed by atoms with E-state index in [1.807, 2.05) is 0 Å². The molecule has 350 valence electrons. The van der Waals surface area contributed by atoms with E-state index in [0.29, 0.717) is 0 Å². The molecule has 0 radical (unpaired) electrons. The summed E-state index contributed by atoms with van der Waals surface area (Å²) in [4.78, 5) is 0. The molecule has 1 unspecified atom stereocenters. The third-order valence-electron chi connectivity index (χ3n) is 15.7. The molecule has 0 aromatic heterocycles. The first kappa shape index (κ1) is 44.1. The molecule has 1 aliphatic carbocycles. The fraction of sp³-hybridized carbons (Fsp3) is 0.0133. The second kappa shape index (κ2) is 18.5. The van der Waals surface area contributed by atoms with Crippen molar-refractivity contribution in [3.63, 3.8) is 0 Å². The maximum Gasteiger partial charge on any atom is 0.0719 e. The van der Waals surface area contributed by atoms with Gasteiger partial charge >= 0.3 is 0 Å². The van der Waals surface area contributed by atoms with Gasteiger partial charge < -0.3 is 0 Å². The molecule has 0 saturated carbocycles. The average Bonchev–Trinajstić information content (AvgIpc) is 3.80. The Morgan fingerprint density at radius 1 is 0.173 bits per heavy atom. The van der Waals surface area contributed by atoms with Crippen LogP contribution in [0.15, 0.2) is 303 Å². The molecule has 0 N–H and O–H groups in total. The van der Waals surface area contributed by atoms with Gasteiger partial charge in [-0.25, -0.2) is 0 Å².